The van der Waals surface area contributed by atoms with E-state index in [-0.39, 0.29) is 0 Å². The summed E-state index contributed by atoms with van der Waals surface area (Å²) in [5.41, 5.74) is -0.956. The molecule has 8 nitrogen and oxygen atoms in total. The van der Waals surface area contributed by atoms with Crippen molar-refractivity contribution in [2.75, 3.05) is 0 Å². The van der Waals surface area contributed by atoms with Crippen molar-refractivity contribution in [1.82, 2.24) is 0 Å². The first-order chi connectivity index (χ1) is 7.53. The van der Waals surface area contributed by atoms with Gasteiger partial charge in [-0.25, -0.2) is 4.79 Å². The Labute approximate surface area is 96.0 Å². The number of hydrogen-bond donors (Lipinski definition) is 3. The Morgan fingerprint density at radius 2 is 1.53 bits per heavy atom. The Balaban J connectivity index is 3.66. The largest absolute Gasteiger partial charge is 0.478 e. The Hall–Kier alpha value is -1.49. The fraction of sp³-hybridized carbons (Fsp3) is 0. The lowest BCUT2D eigenvalue weighted by Gasteiger charge is -2.04. The topological polar surface area (TPSA) is 146 Å². The summed E-state index contributed by atoms with van der Waals surface area (Å²) in [6, 6.07) is 1.66. The molecule has 0 unspecified atom stereocenters. The molecule has 0 amide bonds. The summed E-state index contributed by atoms with van der Waals surface area (Å²) >= 11 is 0. The number of benzene rings is 1. The minimum atomic E-state index is -4.80. The maximum Gasteiger partial charge on any atom is 0.337 e. The SMILES string of the molecule is O=C(O)c1cc(S(=O)(=O)O)ccc1S(=O)(=O)O. The van der Waals surface area contributed by atoms with Gasteiger partial charge >= 0.3 is 5.97 Å². The van der Waals surface area contributed by atoms with Gasteiger partial charge in [0.15, 0.2) is 0 Å². The minimum absolute atomic E-state index is 0.431. The van der Waals surface area contributed by atoms with Gasteiger partial charge < -0.3 is 5.11 Å². The number of carboxylic acid groups (broad SMARTS) is 1. The molecule has 0 radical (unpaired) electrons. The Morgan fingerprint density at radius 1 is 1.00 bits per heavy atom. The highest BCUT2D eigenvalue weighted by Gasteiger charge is 2.23. The number of hydrogen-bond acceptors (Lipinski definition) is 5. The van der Waals surface area contributed by atoms with Crippen LogP contribution in [0.25, 0.3) is 0 Å². The van der Waals surface area contributed by atoms with E-state index in [2.05, 4.69) is 0 Å². The zero-order valence-electron chi connectivity index (χ0n) is 7.93. The van der Waals surface area contributed by atoms with Crippen LogP contribution in [0.2, 0.25) is 0 Å². The van der Waals surface area contributed by atoms with E-state index in [1.54, 1.807) is 0 Å². The van der Waals surface area contributed by atoms with Gasteiger partial charge in [-0.2, -0.15) is 16.8 Å². The van der Waals surface area contributed by atoms with Crippen molar-refractivity contribution in [3.05, 3.63) is 23.8 Å². The first-order valence-corrected chi connectivity index (χ1v) is 6.74. The Morgan fingerprint density at radius 3 is 1.88 bits per heavy atom. The molecule has 0 aliphatic heterocycles. The number of carboxylic acids is 1. The predicted molar refractivity (Wildman–Crippen MR) is 53.0 cm³/mol. The van der Waals surface area contributed by atoms with Crippen LogP contribution in [0.5, 0.6) is 0 Å². The fourth-order valence-corrected chi connectivity index (χ4v) is 2.23. The molecule has 0 heterocycles. The minimum Gasteiger partial charge on any atom is -0.478 e. The van der Waals surface area contributed by atoms with Gasteiger partial charge in [-0.05, 0) is 18.2 Å². The van der Waals surface area contributed by atoms with Crippen LogP contribution in [-0.4, -0.2) is 37.0 Å². The third kappa shape index (κ3) is 3.00. The number of rotatable bonds is 3. The summed E-state index contributed by atoms with van der Waals surface area (Å²) in [7, 11) is -9.46. The molecular weight excluding hydrogens is 276 g/mol. The van der Waals surface area contributed by atoms with Crippen LogP contribution in [0.3, 0.4) is 0 Å². The monoisotopic (exact) mass is 282 g/mol. The summed E-state index contributed by atoms with van der Waals surface area (Å²) in [6.07, 6.45) is 0. The molecule has 0 aliphatic rings. The molecule has 0 saturated carbocycles. The van der Waals surface area contributed by atoms with Gasteiger partial charge in [0.1, 0.15) is 4.90 Å². The van der Waals surface area contributed by atoms with Gasteiger partial charge in [-0.15, -0.1) is 0 Å². The molecule has 1 rings (SSSR count). The second-order valence-electron chi connectivity index (χ2n) is 2.91. The first-order valence-electron chi connectivity index (χ1n) is 3.86. The highest BCUT2D eigenvalue weighted by Crippen LogP contribution is 2.20. The zero-order valence-corrected chi connectivity index (χ0v) is 9.56. The van der Waals surface area contributed by atoms with Crippen LogP contribution in [0.1, 0.15) is 10.4 Å². The highest BCUT2D eigenvalue weighted by atomic mass is 32.2. The van der Waals surface area contributed by atoms with Gasteiger partial charge in [-0.3, -0.25) is 9.11 Å². The molecule has 0 atom stereocenters. The van der Waals surface area contributed by atoms with Crippen LogP contribution in [0.4, 0.5) is 0 Å². The van der Waals surface area contributed by atoms with E-state index in [0.717, 1.165) is 0 Å². The molecule has 0 spiro atoms. The third-order valence-corrected chi connectivity index (χ3v) is 3.52. The second-order valence-corrected chi connectivity index (χ2v) is 5.72. The average molecular weight is 282 g/mol. The third-order valence-electron chi connectivity index (χ3n) is 1.76. The van der Waals surface area contributed by atoms with Crippen molar-refractivity contribution in [2.45, 2.75) is 9.79 Å². The molecule has 0 aliphatic carbocycles. The summed E-state index contributed by atoms with van der Waals surface area (Å²) in [5, 5.41) is 8.67. The first kappa shape index (κ1) is 13.6. The molecule has 1 aromatic carbocycles. The maximum atomic E-state index is 10.8. The molecule has 0 bridgehead atoms. The lowest BCUT2D eigenvalue weighted by atomic mass is 10.2. The van der Waals surface area contributed by atoms with E-state index in [9.17, 15) is 21.6 Å². The zero-order chi connectivity index (χ0) is 13.4. The maximum absolute atomic E-state index is 10.8. The quantitative estimate of drug-likeness (QED) is 0.650. The predicted octanol–water partition coefficient (Wildman–Crippen LogP) is -0.122. The molecule has 17 heavy (non-hydrogen) atoms. The van der Waals surface area contributed by atoms with Crippen LogP contribution >= 0.6 is 0 Å². The van der Waals surface area contributed by atoms with E-state index in [1.165, 1.54) is 0 Å². The Kier molecular flexibility index (Phi) is 3.25. The Bertz CT molecular complexity index is 670. The van der Waals surface area contributed by atoms with Crippen LogP contribution < -0.4 is 0 Å². The van der Waals surface area contributed by atoms with E-state index in [4.69, 9.17) is 14.2 Å². The van der Waals surface area contributed by atoms with Gasteiger partial charge in [-0.1, -0.05) is 0 Å². The van der Waals surface area contributed by atoms with E-state index < -0.39 is 41.6 Å². The molecular formula is C7H6O8S2. The van der Waals surface area contributed by atoms with Crippen molar-refractivity contribution < 1.29 is 35.8 Å². The van der Waals surface area contributed by atoms with Gasteiger partial charge in [0.25, 0.3) is 20.2 Å². The normalized spacial score (nSPS) is 12.4. The van der Waals surface area contributed by atoms with Crippen molar-refractivity contribution in [1.29, 1.82) is 0 Å². The molecule has 0 aromatic heterocycles. The van der Waals surface area contributed by atoms with E-state index >= 15 is 0 Å². The summed E-state index contributed by atoms with van der Waals surface area (Å²) in [5.74, 6) is -1.76. The summed E-state index contributed by atoms with van der Waals surface area (Å²) in [4.78, 5) is 8.95. The van der Waals surface area contributed by atoms with E-state index in [1.807, 2.05) is 0 Å². The van der Waals surface area contributed by atoms with Crippen LogP contribution in [0.15, 0.2) is 28.0 Å². The van der Waals surface area contributed by atoms with E-state index in [0.29, 0.717) is 18.2 Å². The van der Waals surface area contributed by atoms with Gasteiger partial charge in [0, 0.05) is 0 Å². The fourth-order valence-electron chi connectivity index (χ4n) is 1.06. The highest BCUT2D eigenvalue weighted by molar-refractivity contribution is 7.86. The van der Waals surface area contributed by atoms with Crippen molar-refractivity contribution >= 4 is 26.2 Å². The van der Waals surface area contributed by atoms with Crippen molar-refractivity contribution in [2.24, 2.45) is 0 Å². The lowest BCUT2D eigenvalue weighted by molar-refractivity contribution is 0.0692. The summed E-state index contributed by atoms with van der Waals surface area (Å²) < 4.78 is 60.4. The average Bonchev–Trinajstić information content (AvgIpc) is 2.14. The van der Waals surface area contributed by atoms with Crippen LogP contribution in [0, 0.1) is 0 Å². The smallest absolute Gasteiger partial charge is 0.337 e. The lowest BCUT2D eigenvalue weighted by Crippen LogP contribution is -2.10. The molecule has 3 N–H and O–H groups in total. The number of carbonyl (C=O) groups is 1. The molecule has 10 heteroatoms. The molecule has 1 aromatic rings. The van der Waals surface area contributed by atoms with Gasteiger partial charge in [0.05, 0.1) is 10.5 Å². The van der Waals surface area contributed by atoms with Crippen molar-refractivity contribution in [3.8, 4) is 0 Å². The van der Waals surface area contributed by atoms with Crippen molar-refractivity contribution in [3.63, 3.8) is 0 Å². The second kappa shape index (κ2) is 4.07. The molecule has 0 saturated heterocycles. The molecule has 94 valence electrons. The summed E-state index contributed by atoms with van der Waals surface area (Å²) in [6.45, 7) is 0. The molecule has 0 fully saturated rings. The van der Waals surface area contributed by atoms with Gasteiger partial charge in [0.2, 0.25) is 0 Å². The number of aromatic carboxylic acids is 1. The van der Waals surface area contributed by atoms with Crippen LogP contribution in [-0.2, 0) is 20.2 Å². The standard InChI is InChI=1S/C7H6O8S2/c8-7(9)5-3-4(16(10,11)12)1-2-6(5)17(13,14)15/h1-3H,(H,8,9)(H,10,11,12)(H,13,14,15).